The average molecular weight is 206 g/mol. The zero-order valence-corrected chi connectivity index (χ0v) is 9.07. The van der Waals surface area contributed by atoms with E-state index in [0.717, 1.165) is 17.1 Å². The van der Waals surface area contributed by atoms with Gasteiger partial charge in [0.25, 0.3) is 0 Å². The predicted octanol–water partition coefficient (Wildman–Crippen LogP) is 2.77. The highest BCUT2D eigenvalue weighted by atomic mass is 16.5. The molecule has 0 aromatic heterocycles. The second-order valence-corrected chi connectivity index (χ2v) is 4.05. The second kappa shape index (κ2) is 3.19. The maximum atomic E-state index is 9.72. The molecule has 0 atom stereocenters. The maximum absolute atomic E-state index is 9.72. The summed E-state index contributed by atoms with van der Waals surface area (Å²) in [6, 6.07) is 5.52. The number of hydrogen-bond donors (Lipinski definition) is 1. The van der Waals surface area contributed by atoms with Crippen molar-refractivity contribution in [3.8, 4) is 11.5 Å². The van der Waals surface area contributed by atoms with Crippen molar-refractivity contribution in [2.75, 3.05) is 7.11 Å². The molecule has 3 nitrogen and oxygen atoms in total. The minimum Gasteiger partial charge on any atom is -0.508 e. The van der Waals surface area contributed by atoms with Crippen LogP contribution < -0.4 is 9.47 Å². The van der Waals surface area contributed by atoms with E-state index in [9.17, 15) is 5.11 Å². The van der Waals surface area contributed by atoms with E-state index in [1.54, 1.807) is 13.2 Å². The fraction of sp³-hybridized carbons (Fsp3) is 0.333. The Hall–Kier alpha value is -1.64. The van der Waals surface area contributed by atoms with E-state index in [1.165, 1.54) is 0 Å². The standard InChI is InChI=1S/C12H14O3/c1-12(2)11(13)6-8-4-5-9(14-3)7-10(8)15-12/h4-7,13H,1-3H3. The average Bonchev–Trinajstić information content (AvgIpc) is 2.18. The Kier molecular flexibility index (Phi) is 2.11. The Morgan fingerprint density at radius 3 is 2.73 bits per heavy atom. The number of ether oxygens (including phenoxy) is 2. The van der Waals surface area contributed by atoms with Gasteiger partial charge in [-0.3, -0.25) is 0 Å². The highest BCUT2D eigenvalue weighted by molar-refractivity contribution is 5.64. The summed E-state index contributed by atoms with van der Waals surface area (Å²) in [4.78, 5) is 0. The van der Waals surface area contributed by atoms with Crippen molar-refractivity contribution < 1.29 is 14.6 Å². The van der Waals surface area contributed by atoms with E-state index < -0.39 is 5.60 Å². The maximum Gasteiger partial charge on any atom is 0.160 e. The first-order chi connectivity index (χ1) is 7.03. The van der Waals surface area contributed by atoms with E-state index in [0.29, 0.717) is 0 Å². The number of aliphatic hydroxyl groups excluding tert-OH is 1. The zero-order valence-electron chi connectivity index (χ0n) is 9.07. The number of aliphatic hydroxyl groups is 1. The Morgan fingerprint density at radius 2 is 2.07 bits per heavy atom. The van der Waals surface area contributed by atoms with E-state index in [2.05, 4.69) is 0 Å². The minimum atomic E-state index is -0.667. The minimum absolute atomic E-state index is 0.236. The predicted molar refractivity (Wildman–Crippen MR) is 58.3 cm³/mol. The van der Waals surface area contributed by atoms with Crippen LogP contribution in [0.2, 0.25) is 0 Å². The second-order valence-electron chi connectivity index (χ2n) is 4.05. The smallest absolute Gasteiger partial charge is 0.160 e. The molecule has 1 heterocycles. The summed E-state index contributed by atoms with van der Waals surface area (Å²) in [5.74, 6) is 1.72. The SMILES string of the molecule is COc1ccc2c(c1)OC(C)(C)C(O)=C2. The molecule has 0 saturated heterocycles. The zero-order chi connectivity index (χ0) is 11.1. The third-order valence-corrected chi connectivity index (χ3v) is 2.49. The van der Waals surface area contributed by atoms with Crippen LogP contribution in [0, 0.1) is 0 Å². The van der Waals surface area contributed by atoms with Gasteiger partial charge in [0.1, 0.15) is 17.3 Å². The van der Waals surface area contributed by atoms with Crippen molar-refractivity contribution in [3.05, 3.63) is 29.5 Å². The first kappa shape index (κ1) is 9.90. The van der Waals surface area contributed by atoms with Crippen LogP contribution in [0.4, 0.5) is 0 Å². The van der Waals surface area contributed by atoms with Crippen LogP contribution in [0.1, 0.15) is 19.4 Å². The third kappa shape index (κ3) is 1.65. The van der Waals surface area contributed by atoms with Crippen LogP contribution in [0.5, 0.6) is 11.5 Å². The fourth-order valence-corrected chi connectivity index (χ4v) is 1.50. The van der Waals surface area contributed by atoms with Crippen LogP contribution in [0.25, 0.3) is 6.08 Å². The Labute approximate surface area is 88.9 Å². The number of fused-ring (bicyclic) bond motifs is 1. The van der Waals surface area contributed by atoms with Gasteiger partial charge in [0.2, 0.25) is 0 Å². The molecule has 1 aromatic carbocycles. The van der Waals surface area contributed by atoms with E-state index in [-0.39, 0.29) is 5.76 Å². The van der Waals surface area contributed by atoms with Crippen LogP contribution in [-0.2, 0) is 0 Å². The Morgan fingerprint density at radius 1 is 1.33 bits per heavy atom. The van der Waals surface area contributed by atoms with Gasteiger partial charge in [-0.15, -0.1) is 0 Å². The van der Waals surface area contributed by atoms with Crippen molar-refractivity contribution >= 4 is 6.08 Å². The first-order valence-electron chi connectivity index (χ1n) is 4.81. The molecular formula is C12H14O3. The largest absolute Gasteiger partial charge is 0.508 e. The Balaban J connectivity index is 2.48. The molecule has 15 heavy (non-hydrogen) atoms. The lowest BCUT2D eigenvalue weighted by atomic mass is 10.00. The number of hydrogen-bond acceptors (Lipinski definition) is 3. The van der Waals surface area contributed by atoms with Crippen molar-refractivity contribution in [1.29, 1.82) is 0 Å². The molecule has 1 aliphatic rings. The quantitative estimate of drug-likeness (QED) is 0.767. The summed E-state index contributed by atoms with van der Waals surface area (Å²) in [5.41, 5.74) is 0.201. The molecule has 0 unspecified atom stereocenters. The molecule has 0 fully saturated rings. The first-order valence-corrected chi connectivity index (χ1v) is 4.81. The molecular weight excluding hydrogens is 192 g/mol. The van der Waals surface area contributed by atoms with Gasteiger partial charge in [-0.05, 0) is 32.1 Å². The van der Waals surface area contributed by atoms with Gasteiger partial charge in [-0.1, -0.05) is 0 Å². The monoisotopic (exact) mass is 206 g/mol. The molecule has 0 bridgehead atoms. The van der Waals surface area contributed by atoms with Crippen molar-refractivity contribution in [2.45, 2.75) is 19.4 Å². The van der Waals surface area contributed by atoms with E-state index in [1.807, 2.05) is 32.0 Å². The Bertz CT molecular complexity index is 419. The molecule has 80 valence electrons. The molecule has 0 aliphatic carbocycles. The molecule has 1 aromatic rings. The van der Waals surface area contributed by atoms with Gasteiger partial charge in [-0.2, -0.15) is 0 Å². The molecule has 0 saturated carbocycles. The summed E-state index contributed by atoms with van der Waals surface area (Å²) in [7, 11) is 1.61. The topological polar surface area (TPSA) is 38.7 Å². The van der Waals surface area contributed by atoms with Crippen LogP contribution in [0.3, 0.4) is 0 Å². The highest BCUT2D eigenvalue weighted by Gasteiger charge is 2.30. The van der Waals surface area contributed by atoms with Gasteiger partial charge < -0.3 is 14.6 Å². The van der Waals surface area contributed by atoms with Gasteiger partial charge in [0.15, 0.2) is 5.60 Å². The molecule has 3 heteroatoms. The highest BCUT2D eigenvalue weighted by Crippen LogP contribution is 2.36. The summed E-state index contributed by atoms with van der Waals surface area (Å²) in [6.45, 7) is 3.64. The van der Waals surface area contributed by atoms with Crippen molar-refractivity contribution in [2.24, 2.45) is 0 Å². The lowest BCUT2D eigenvalue weighted by molar-refractivity contribution is 0.0934. The summed E-state index contributed by atoms with van der Waals surface area (Å²) in [5, 5.41) is 9.72. The third-order valence-electron chi connectivity index (χ3n) is 2.49. The van der Waals surface area contributed by atoms with Crippen molar-refractivity contribution in [3.63, 3.8) is 0 Å². The molecule has 1 N–H and O–H groups in total. The fourth-order valence-electron chi connectivity index (χ4n) is 1.50. The molecule has 0 spiro atoms. The summed E-state index contributed by atoms with van der Waals surface area (Å²) in [6.07, 6.45) is 1.72. The van der Waals surface area contributed by atoms with E-state index >= 15 is 0 Å². The van der Waals surface area contributed by atoms with Gasteiger partial charge in [-0.25, -0.2) is 0 Å². The van der Waals surface area contributed by atoms with Crippen LogP contribution >= 0.6 is 0 Å². The summed E-state index contributed by atoms with van der Waals surface area (Å²) < 4.78 is 10.8. The number of rotatable bonds is 1. The molecule has 1 aliphatic heterocycles. The molecule has 0 amide bonds. The molecule has 0 radical (unpaired) electrons. The summed E-state index contributed by atoms with van der Waals surface area (Å²) >= 11 is 0. The number of benzene rings is 1. The van der Waals surface area contributed by atoms with Crippen LogP contribution in [-0.4, -0.2) is 17.8 Å². The van der Waals surface area contributed by atoms with Gasteiger partial charge >= 0.3 is 0 Å². The van der Waals surface area contributed by atoms with Gasteiger partial charge in [0, 0.05) is 11.6 Å². The van der Waals surface area contributed by atoms with Gasteiger partial charge in [0.05, 0.1) is 7.11 Å². The van der Waals surface area contributed by atoms with Crippen LogP contribution in [0.15, 0.2) is 24.0 Å². The lowest BCUT2D eigenvalue weighted by Gasteiger charge is -2.30. The molecule has 2 rings (SSSR count). The van der Waals surface area contributed by atoms with Crippen molar-refractivity contribution in [1.82, 2.24) is 0 Å². The number of methoxy groups -OCH3 is 1. The normalized spacial score (nSPS) is 17.4. The van der Waals surface area contributed by atoms with E-state index in [4.69, 9.17) is 9.47 Å². The lowest BCUT2D eigenvalue weighted by Crippen LogP contribution is -2.33.